The molecule has 1 fully saturated rings. The van der Waals surface area contributed by atoms with Crippen LogP contribution in [0.4, 0.5) is 11.5 Å². The predicted molar refractivity (Wildman–Crippen MR) is 91.6 cm³/mol. The molecular weight excluding hydrogens is 324 g/mol. The van der Waals surface area contributed by atoms with Crippen LogP contribution >= 0.6 is 0 Å². The summed E-state index contributed by atoms with van der Waals surface area (Å²) in [5.74, 6) is 1.66. The molecule has 8 heteroatoms. The molecule has 0 spiro atoms. The Morgan fingerprint density at radius 1 is 1.12 bits per heavy atom. The zero-order valence-electron chi connectivity index (χ0n) is 14.2. The SMILES string of the molecule is COc1ccc(Nc2cnc(C(=O)N3CCOCC3)cn2)cc1OC. The van der Waals surface area contributed by atoms with Gasteiger partial charge in [0.1, 0.15) is 11.5 Å². The first-order chi connectivity index (χ1) is 12.2. The van der Waals surface area contributed by atoms with E-state index in [0.29, 0.717) is 49.3 Å². The number of methoxy groups -OCH3 is 2. The molecule has 0 bridgehead atoms. The van der Waals surface area contributed by atoms with Crippen LogP contribution in [0, 0.1) is 0 Å². The number of nitrogens with zero attached hydrogens (tertiary/aromatic N) is 3. The second kappa shape index (κ2) is 7.80. The van der Waals surface area contributed by atoms with E-state index in [1.165, 1.54) is 12.4 Å². The zero-order chi connectivity index (χ0) is 17.6. The molecule has 1 aliphatic rings. The average molecular weight is 344 g/mol. The molecule has 0 atom stereocenters. The minimum Gasteiger partial charge on any atom is -0.493 e. The average Bonchev–Trinajstić information content (AvgIpc) is 2.68. The number of hydrogen-bond acceptors (Lipinski definition) is 7. The molecular formula is C17H20N4O4. The van der Waals surface area contributed by atoms with Gasteiger partial charge in [-0.2, -0.15) is 0 Å². The second-order valence-electron chi connectivity index (χ2n) is 5.39. The molecule has 2 aromatic rings. The number of morpholine rings is 1. The molecule has 25 heavy (non-hydrogen) atoms. The van der Waals surface area contributed by atoms with Gasteiger partial charge >= 0.3 is 0 Å². The summed E-state index contributed by atoms with van der Waals surface area (Å²) in [5, 5.41) is 3.12. The van der Waals surface area contributed by atoms with Crippen LogP contribution in [0.3, 0.4) is 0 Å². The van der Waals surface area contributed by atoms with Gasteiger partial charge in [-0.25, -0.2) is 9.97 Å². The number of anilines is 2. The van der Waals surface area contributed by atoms with Crippen LogP contribution in [0.1, 0.15) is 10.5 Å². The van der Waals surface area contributed by atoms with E-state index in [0.717, 1.165) is 5.69 Å². The van der Waals surface area contributed by atoms with Gasteiger partial charge < -0.3 is 24.4 Å². The summed E-state index contributed by atoms with van der Waals surface area (Å²) in [4.78, 5) is 22.5. The maximum Gasteiger partial charge on any atom is 0.274 e. The number of carbonyl (C=O) groups is 1. The topological polar surface area (TPSA) is 85.8 Å². The summed E-state index contributed by atoms with van der Waals surface area (Å²) in [7, 11) is 3.16. The Labute approximate surface area is 145 Å². The maximum atomic E-state index is 12.3. The lowest BCUT2D eigenvalue weighted by molar-refractivity contribution is 0.0298. The van der Waals surface area contributed by atoms with E-state index >= 15 is 0 Å². The van der Waals surface area contributed by atoms with Gasteiger partial charge in [0.2, 0.25) is 0 Å². The third-order valence-electron chi connectivity index (χ3n) is 3.83. The Morgan fingerprint density at radius 3 is 2.52 bits per heavy atom. The molecule has 1 aromatic carbocycles. The fourth-order valence-electron chi connectivity index (χ4n) is 2.49. The fraction of sp³-hybridized carbons (Fsp3) is 0.353. The largest absolute Gasteiger partial charge is 0.493 e. The number of aromatic nitrogens is 2. The van der Waals surface area contributed by atoms with Crippen LogP contribution in [0.2, 0.25) is 0 Å². The smallest absolute Gasteiger partial charge is 0.274 e. The van der Waals surface area contributed by atoms with Gasteiger partial charge in [-0.05, 0) is 12.1 Å². The summed E-state index contributed by atoms with van der Waals surface area (Å²) < 4.78 is 15.7. The van der Waals surface area contributed by atoms with Crippen molar-refractivity contribution < 1.29 is 19.0 Å². The number of amides is 1. The molecule has 0 radical (unpaired) electrons. The highest BCUT2D eigenvalue weighted by atomic mass is 16.5. The number of ether oxygens (including phenoxy) is 3. The van der Waals surface area contributed by atoms with Crippen LogP contribution in [-0.4, -0.2) is 61.3 Å². The third-order valence-corrected chi connectivity index (χ3v) is 3.83. The van der Waals surface area contributed by atoms with Gasteiger partial charge in [0.25, 0.3) is 5.91 Å². The van der Waals surface area contributed by atoms with Gasteiger partial charge in [-0.15, -0.1) is 0 Å². The van der Waals surface area contributed by atoms with Crippen molar-refractivity contribution >= 4 is 17.4 Å². The minimum atomic E-state index is -0.131. The lowest BCUT2D eigenvalue weighted by Crippen LogP contribution is -2.41. The van der Waals surface area contributed by atoms with Gasteiger partial charge in [0.05, 0.1) is 39.8 Å². The van der Waals surface area contributed by atoms with Crippen molar-refractivity contribution in [3.8, 4) is 11.5 Å². The molecule has 1 N–H and O–H groups in total. The van der Waals surface area contributed by atoms with Crippen molar-refractivity contribution in [1.29, 1.82) is 0 Å². The van der Waals surface area contributed by atoms with Crippen molar-refractivity contribution in [2.24, 2.45) is 0 Å². The summed E-state index contributed by atoms with van der Waals surface area (Å²) >= 11 is 0. The number of benzene rings is 1. The Morgan fingerprint density at radius 2 is 1.88 bits per heavy atom. The number of nitrogens with one attached hydrogen (secondary N) is 1. The van der Waals surface area contributed by atoms with E-state index in [9.17, 15) is 4.79 Å². The molecule has 1 aromatic heterocycles. The molecule has 1 aliphatic heterocycles. The van der Waals surface area contributed by atoms with E-state index in [4.69, 9.17) is 14.2 Å². The minimum absolute atomic E-state index is 0.131. The summed E-state index contributed by atoms with van der Waals surface area (Å²) in [6.45, 7) is 2.26. The Kier molecular flexibility index (Phi) is 5.30. The molecule has 1 amide bonds. The predicted octanol–water partition coefficient (Wildman–Crippen LogP) is 1.71. The quantitative estimate of drug-likeness (QED) is 0.883. The van der Waals surface area contributed by atoms with Crippen LogP contribution < -0.4 is 14.8 Å². The molecule has 2 heterocycles. The van der Waals surface area contributed by atoms with Crippen LogP contribution in [0.25, 0.3) is 0 Å². The molecule has 132 valence electrons. The van der Waals surface area contributed by atoms with Crippen molar-refractivity contribution in [3.05, 3.63) is 36.3 Å². The van der Waals surface area contributed by atoms with Crippen molar-refractivity contribution in [2.45, 2.75) is 0 Å². The zero-order valence-corrected chi connectivity index (χ0v) is 14.2. The first-order valence-electron chi connectivity index (χ1n) is 7.89. The highest BCUT2D eigenvalue weighted by Crippen LogP contribution is 2.30. The molecule has 0 aliphatic carbocycles. The van der Waals surface area contributed by atoms with Crippen molar-refractivity contribution in [2.75, 3.05) is 45.8 Å². The third kappa shape index (κ3) is 3.97. The molecule has 3 rings (SSSR count). The van der Waals surface area contributed by atoms with Crippen LogP contribution in [0.15, 0.2) is 30.6 Å². The van der Waals surface area contributed by atoms with Crippen molar-refractivity contribution in [3.63, 3.8) is 0 Å². The fourth-order valence-corrected chi connectivity index (χ4v) is 2.49. The highest BCUT2D eigenvalue weighted by molar-refractivity contribution is 5.92. The summed E-state index contributed by atoms with van der Waals surface area (Å²) in [6, 6.07) is 5.44. The van der Waals surface area contributed by atoms with Gasteiger partial charge in [0, 0.05) is 24.8 Å². The molecule has 8 nitrogen and oxygen atoms in total. The Hall–Kier alpha value is -2.87. The van der Waals surface area contributed by atoms with E-state index < -0.39 is 0 Å². The Balaban J connectivity index is 1.69. The molecule has 1 saturated heterocycles. The van der Waals surface area contributed by atoms with E-state index in [2.05, 4.69) is 15.3 Å². The number of hydrogen-bond donors (Lipinski definition) is 1. The lowest BCUT2D eigenvalue weighted by atomic mass is 10.2. The van der Waals surface area contributed by atoms with Crippen LogP contribution in [0.5, 0.6) is 11.5 Å². The summed E-state index contributed by atoms with van der Waals surface area (Å²) in [6.07, 6.45) is 3.01. The first kappa shape index (κ1) is 17.0. The van der Waals surface area contributed by atoms with E-state index in [1.807, 2.05) is 6.07 Å². The maximum absolute atomic E-state index is 12.3. The molecule has 0 saturated carbocycles. The van der Waals surface area contributed by atoms with Crippen molar-refractivity contribution in [1.82, 2.24) is 14.9 Å². The highest BCUT2D eigenvalue weighted by Gasteiger charge is 2.19. The van der Waals surface area contributed by atoms with Gasteiger partial charge in [0.15, 0.2) is 11.5 Å². The van der Waals surface area contributed by atoms with E-state index in [1.54, 1.807) is 31.3 Å². The number of carbonyl (C=O) groups excluding carboxylic acids is 1. The van der Waals surface area contributed by atoms with Crippen LogP contribution in [-0.2, 0) is 4.74 Å². The lowest BCUT2D eigenvalue weighted by Gasteiger charge is -2.26. The van der Waals surface area contributed by atoms with E-state index in [-0.39, 0.29) is 5.91 Å². The Bertz CT molecular complexity index is 730. The summed E-state index contributed by atoms with van der Waals surface area (Å²) in [5.41, 5.74) is 1.10. The standard InChI is InChI=1S/C17H20N4O4/c1-23-14-4-3-12(9-15(14)24-2)20-16-11-18-13(10-19-16)17(22)21-5-7-25-8-6-21/h3-4,9-11H,5-8H2,1-2H3,(H,19,20). The second-order valence-corrected chi connectivity index (χ2v) is 5.39. The number of rotatable bonds is 5. The monoisotopic (exact) mass is 344 g/mol. The van der Waals surface area contributed by atoms with Gasteiger partial charge in [-0.1, -0.05) is 0 Å². The first-order valence-corrected chi connectivity index (χ1v) is 7.89. The normalized spacial score (nSPS) is 14.1. The molecule has 0 unspecified atom stereocenters. The van der Waals surface area contributed by atoms with Gasteiger partial charge in [-0.3, -0.25) is 4.79 Å².